The molecule has 5 aliphatic rings. The Hall–Kier alpha value is -0.610. The lowest BCUT2D eigenvalue weighted by molar-refractivity contribution is -0.914. The van der Waals surface area contributed by atoms with Gasteiger partial charge in [0.2, 0.25) is 0 Å². The van der Waals surface area contributed by atoms with Gasteiger partial charge < -0.3 is 14.4 Å². The average molecular weight is 363 g/mol. The summed E-state index contributed by atoms with van der Waals surface area (Å²) in [4.78, 5) is 14.4. The third-order valence-corrected chi connectivity index (χ3v) is 8.82. The number of quaternary nitrogens is 1. The van der Waals surface area contributed by atoms with E-state index >= 15 is 0 Å². The Morgan fingerprint density at radius 3 is 2.77 bits per heavy atom. The number of fused-ring (bicyclic) bond motifs is 2. The number of ether oxygens (including phenoxy) is 2. The molecule has 3 aliphatic heterocycles. The van der Waals surface area contributed by atoms with Crippen molar-refractivity contribution in [3.8, 4) is 0 Å². The highest BCUT2D eigenvalue weighted by Crippen LogP contribution is 2.70. The third kappa shape index (κ3) is 2.30. The molecule has 1 N–H and O–H groups in total. The first-order valence-electron chi connectivity index (χ1n) is 11.0. The minimum absolute atomic E-state index is 0.0369. The SMILES string of the molecule is C[C@H]1CCC[C@]2(C)C[C@H]3OC(=O)[C@H](C[NH+]4CCCC(C)(C)C4)[C@H]3[C@H]3O[C@@]312. The van der Waals surface area contributed by atoms with E-state index in [0.717, 1.165) is 13.0 Å². The van der Waals surface area contributed by atoms with Crippen LogP contribution in [0.5, 0.6) is 0 Å². The first kappa shape index (κ1) is 17.5. The van der Waals surface area contributed by atoms with Gasteiger partial charge >= 0.3 is 5.97 Å². The van der Waals surface area contributed by atoms with E-state index in [9.17, 15) is 4.79 Å². The van der Waals surface area contributed by atoms with Crippen LogP contribution in [0.15, 0.2) is 0 Å². The van der Waals surface area contributed by atoms with E-state index in [-0.39, 0.29) is 35.1 Å². The minimum Gasteiger partial charge on any atom is -0.462 e. The second-order valence-corrected chi connectivity index (χ2v) is 11.2. The lowest BCUT2D eigenvalue weighted by atomic mass is 9.53. The molecule has 0 aromatic heterocycles. The van der Waals surface area contributed by atoms with Crippen LogP contribution in [0, 0.1) is 28.6 Å². The fraction of sp³-hybridized carbons (Fsp3) is 0.955. The fourth-order valence-corrected chi connectivity index (χ4v) is 7.62. The number of likely N-dealkylation sites (tertiary alicyclic amines) is 1. The maximum Gasteiger partial charge on any atom is 0.315 e. The zero-order chi connectivity index (χ0) is 18.3. The van der Waals surface area contributed by atoms with Crippen LogP contribution in [-0.4, -0.2) is 43.4 Å². The molecule has 2 aliphatic carbocycles. The summed E-state index contributed by atoms with van der Waals surface area (Å²) in [7, 11) is 0. The predicted octanol–water partition coefficient (Wildman–Crippen LogP) is 2.22. The van der Waals surface area contributed by atoms with Gasteiger partial charge in [-0.05, 0) is 38.0 Å². The number of piperidine rings is 1. The predicted molar refractivity (Wildman–Crippen MR) is 98.8 cm³/mol. The van der Waals surface area contributed by atoms with Crippen LogP contribution >= 0.6 is 0 Å². The maximum absolute atomic E-state index is 12.8. The Bertz CT molecular complexity index is 619. The summed E-state index contributed by atoms with van der Waals surface area (Å²) >= 11 is 0. The fourth-order valence-electron chi connectivity index (χ4n) is 7.62. The highest BCUT2D eigenvalue weighted by Gasteiger charge is 2.78. The van der Waals surface area contributed by atoms with Gasteiger partial charge in [-0.15, -0.1) is 0 Å². The van der Waals surface area contributed by atoms with Gasteiger partial charge in [0.1, 0.15) is 17.6 Å². The van der Waals surface area contributed by atoms with Crippen LogP contribution in [0.4, 0.5) is 0 Å². The standard InChI is InChI=1S/C22H35NO3/c1-14-7-5-9-21(4)11-16-17(18-22(14,21)26-18)15(19(24)25-16)12-23-10-6-8-20(2,3)13-23/h14-18H,5-13H2,1-4H3/p+1/t14-,15+,16+,17+,18+,21+,22+/m0/s1. The van der Waals surface area contributed by atoms with Gasteiger partial charge in [0.25, 0.3) is 0 Å². The summed E-state index contributed by atoms with van der Waals surface area (Å²) in [6.45, 7) is 12.9. The van der Waals surface area contributed by atoms with Crippen molar-refractivity contribution in [2.75, 3.05) is 19.6 Å². The zero-order valence-corrected chi connectivity index (χ0v) is 17.0. The van der Waals surface area contributed by atoms with E-state index in [1.54, 1.807) is 4.90 Å². The molecule has 0 aromatic carbocycles. The van der Waals surface area contributed by atoms with Gasteiger partial charge in [-0.2, -0.15) is 0 Å². The minimum atomic E-state index is 0.0369. The van der Waals surface area contributed by atoms with Crippen molar-refractivity contribution < 1.29 is 19.2 Å². The van der Waals surface area contributed by atoms with Crippen molar-refractivity contribution >= 4 is 5.97 Å². The quantitative estimate of drug-likeness (QED) is 0.605. The van der Waals surface area contributed by atoms with Gasteiger partial charge in [0.15, 0.2) is 0 Å². The molecule has 3 heterocycles. The molecule has 1 spiro atoms. The van der Waals surface area contributed by atoms with Crippen molar-refractivity contribution in [2.45, 2.75) is 84.0 Å². The van der Waals surface area contributed by atoms with E-state index in [2.05, 4.69) is 27.7 Å². The molecule has 26 heavy (non-hydrogen) atoms. The largest absolute Gasteiger partial charge is 0.462 e. The molecule has 1 unspecified atom stereocenters. The van der Waals surface area contributed by atoms with Crippen molar-refractivity contribution in [1.29, 1.82) is 0 Å². The molecule has 8 atom stereocenters. The van der Waals surface area contributed by atoms with Gasteiger partial charge in [0, 0.05) is 16.7 Å². The van der Waals surface area contributed by atoms with Crippen LogP contribution in [-0.2, 0) is 14.3 Å². The van der Waals surface area contributed by atoms with Crippen LogP contribution in [0.1, 0.15) is 66.2 Å². The first-order valence-corrected chi connectivity index (χ1v) is 11.0. The lowest BCUT2D eigenvalue weighted by Crippen LogP contribution is -3.15. The number of epoxide rings is 1. The lowest BCUT2D eigenvalue weighted by Gasteiger charge is -2.49. The number of hydrogen-bond acceptors (Lipinski definition) is 3. The Morgan fingerprint density at radius 2 is 2.00 bits per heavy atom. The second-order valence-electron chi connectivity index (χ2n) is 11.2. The van der Waals surface area contributed by atoms with Gasteiger partial charge in [0.05, 0.1) is 25.7 Å². The zero-order valence-electron chi connectivity index (χ0n) is 17.0. The van der Waals surface area contributed by atoms with Crippen LogP contribution in [0.25, 0.3) is 0 Å². The van der Waals surface area contributed by atoms with Gasteiger partial charge in [-0.1, -0.05) is 34.1 Å². The van der Waals surface area contributed by atoms with Crippen LogP contribution < -0.4 is 4.90 Å². The van der Waals surface area contributed by atoms with E-state index < -0.39 is 0 Å². The monoisotopic (exact) mass is 362 g/mol. The maximum atomic E-state index is 12.8. The summed E-state index contributed by atoms with van der Waals surface area (Å²) < 4.78 is 12.5. The van der Waals surface area contributed by atoms with E-state index in [4.69, 9.17) is 9.47 Å². The molecule has 2 saturated carbocycles. The molecule has 0 amide bonds. The Balaban J connectivity index is 1.38. The number of nitrogens with one attached hydrogen (secondary N) is 1. The second kappa shape index (κ2) is 5.47. The number of carbonyl (C=O) groups is 1. The molecule has 146 valence electrons. The molecule has 5 fully saturated rings. The Kier molecular flexibility index (Phi) is 3.68. The Labute approximate surface area is 158 Å². The summed E-state index contributed by atoms with van der Waals surface area (Å²) in [6, 6.07) is 0. The third-order valence-electron chi connectivity index (χ3n) is 8.82. The topological polar surface area (TPSA) is 43.3 Å². The molecule has 5 rings (SSSR count). The summed E-state index contributed by atoms with van der Waals surface area (Å²) in [5, 5.41) is 0. The number of hydrogen-bond donors (Lipinski definition) is 1. The van der Waals surface area contributed by atoms with Crippen molar-refractivity contribution in [3.63, 3.8) is 0 Å². The molecule has 0 aromatic rings. The average Bonchev–Trinajstić information content (AvgIpc) is 3.22. The number of esters is 1. The number of rotatable bonds is 2. The van der Waals surface area contributed by atoms with E-state index in [1.165, 1.54) is 45.2 Å². The summed E-state index contributed by atoms with van der Waals surface area (Å²) in [6.07, 6.45) is 7.74. The summed E-state index contributed by atoms with van der Waals surface area (Å²) in [5.74, 6) is 1.03. The van der Waals surface area contributed by atoms with Crippen LogP contribution in [0.3, 0.4) is 0 Å². The highest BCUT2D eigenvalue weighted by molar-refractivity contribution is 5.76. The molecular weight excluding hydrogens is 326 g/mol. The van der Waals surface area contributed by atoms with Crippen molar-refractivity contribution in [2.24, 2.45) is 28.6 Å². The first-order chi connectivity index (χ1) is 12.3. The molecule has 4 heteroatoms. The van der Waals surface area contributed by atoms with E-state index in [1.807, 2.05) is 0 Å². The van der Waals surface area contributed by atoms with Crippen molar-refractivity contribution in [1.82, 2.24) is 0 Å². The van der Waals surface area contributed by atoms with Gasteiger partial charge in [-0.25, -0.2) is 0 Å². The number of carbonyl (C=O) groups excluding carboxylic acids is 1. The summed E-state index contributed by atoms with van der Waals surface area (Å²) in [5.41, 5.74) is 0.636. The van der Waals surface area contributed by atoms with Crippen LogP contribution in [0.2, 0.25) is 0 Å². The molecular formula is C22H36NO3+. The molecule has 0 radical (unpaired) electrons. The highest BCUT2D eigenvalue weighted by atomic mass is 16.6. The Morgan fingerprint density at radius 1 is 1.19 bits per heavy atom. The molecule has 3 saturated heterocycles. The normalized spacial score (nSPS) is 54.7. The molecule has 0 bridgehead atoms. The van der Waals surface area contributed by atoms with E-state index in [0.29, 0.717) is 17.3 Å². The van der Waals surface area contributed by atoms with Crippen molar-refractivity contribution in [3.05, 3.63) is 0 Å². The van der Waals surface area contributed by atoms with Gasteiger partial charge in [-0.3, -0.25) is 4.79 Å². The molecule has 4 nitrogen and oxygen atoms in total. The smallest absolute Gasteiger partial charge is 0.315 e.